The highest BCUT2D eigenvalue weighted by atomic mass is 16.7. The lowest BCUT2D eigenvalue weighted by Crippen LogP contribution is -2.34. The number of imide groups is 1. The van der Waals surface area contributed by atoms with E-state index in [-0.39, 0.29) is 30.8 Å². The number of rotatable bonds is 10. The van der Waals surface area contributed by atoms with Gasteiger partial charge in [0.1, 0.15) is 11.4 Å². The third kappa shape index (κ3) is 4.40. The Bertz CT molecular complexity index is 1030. The number of amides is 2. The van der Waals surface area contributed by atoms with Gasteiger partial charge in [0.25, 0.3) is 11.8 Å². The fourth-order valence-corrected chi connectivity index (χ4v) is 3.64. The van der Waals surface area contributed by atoms with Crippen LogP contribution in [-0.2, 0) is 14.3 Å². The molecule has 0 atom stereocenters. The Morgan fingerprint density at radius 1 is 0.969 bits per heavy atom. The van der Waals surface area contributed by atoms with E-state index >= 15 is 0 Å². The molecular weight excluding hydrogens is 412 g/mol. The third-order valence-corrected chi connectivity index (χ3v) is 5.14. The van der Waals surface area contributed by atoms with Gasteiger partial charge < -0.3 is 24.3 Å². The maximum atomic E-state index is 13.3. The summed E-state index contributed by atoms with van der Waals surface area (Å²) in [5.74, 6) is 1.23. The second kappa shape index (κ2) is 9.74. The maximum Gasteiger partial charge on any atom is 0.278 e. The van der Waals surface area contributed by atoms with E-state index in [1.165, 1.54) is 4.90 Å². The summed E-state index contributed by atoms with van der Waals surface area (Å²) in [7, 11) is 0. The van der Waals surface area contributed by atoms with Crippen molar-refractivity contribution < 1.29 is 28.5 Å². The van der Waals surface area contributed by atoms with Gasteiger partial charge in [0.15, 0.2) is 11.5 Å². The number of carbonyl (C=O) groups is 2. The summed E-state index contributed by atoms with van der Waals surface area (Å²) in [6.45, 7) is 5.87. The van der Waals surface area contributed by atoms with Crippen molar-refractivity contribution in [1.29, 1.82) is 0 Å². The van der Waals surface area contributed by atoms with E-state index in [9.17, 15) is 9.59 Å². The Balaban J connectivity index is 1.64. The lowest BCUT2D eigenvalue weighted by molar-refractivity contribution is -0.137. The van der Waals surface area contributed by atoms with Crippen LogP contribution in [0.1, 0.15) is 25.8 Å². The lowest BCUT2D eigenvalue weighted by atomic mass is 10.0. The monoisotopic (exact) mass is 438 g/mol. The summed E-state index contributed by atoms with van der Waals surface area (Å²) in [6, 6.07) is 12.5. The zero-order valence-electron chi connectivity index (χ0n) is 18.2. The molecule has 0 saturated carbocycles. The van der Waals surface area contributed by atoms with Gasteiger partial charge in [0, 0.05) is 31.5 Å². The molecule has 0 fully saturated rings. The molecule has 2 amide bonds. The third-order valence-electron chi connectivity index (χ3n) is 5.14. The first-order valence-electron chi connectivity index (χ1n) is 10.7. The van der Waals surface area contributed by atoms with Crippen molar-refractivity contribution in [3.8, 4) is 17.2 Å². The number of nitrogens with one attached hydrogen (secondary N) is 1. The molecule has 0 aliphatic carbocycles. The zero-order valence-corrected chi connectivity index (χ0v) is 18.2. The van der Waals surface area contributed by atoms with Crippen molar-refractivity contribution in [2.75, 3.05) is 38.5 Å². The van der Waals surface area contributed by atoms with Crippen LogP contribution >= 0.6 is 0 Å². The zero-order chi connectivity index (χ0) is 22.5. The number of hydrogen-bond acceptors (Lipinski definition) is 7. The van der Waals surface area contributed by atoms with Crippen molar-refractivity contribution in [1.82, 2.24) is 4.90 Å². The average molecular weight is 438 g/mol. The number of carbonyl (C=O) groups excluding carboxylic acids is 2. The quantitative estimate of drug-likeness (QED) is 0.449. The highest BCUT2D eigenvalue weighted by Gasteiger charge is 2.39. The molecule has 2 aromatic rings. The van der Waals surface area contributed by atoms with E-state index in [0.29, 0.717) is 60.3 Å². The van der Waals surface area contributed by atoms with E-state index < -0.39 is 0 Å². The van der Waals surface area contributed by atoms with E-state index in [0.717, 1.165) is 0 Å². The molecule has 0 radical (unpaired) electrons. The smallest absolute Gasteiger partial charge is 0.278 e. The van der Waals surface area contributed by atoms with Gasteiger partial charge in [-0.15, -0.1) is 0 Å². The fourth-order valence-electron chi connectivity index (χ4n) is 3.64. The molecule has 1 N–H and O–H groups in total. The Labute approximate surface area is 186 Å². The van der Waals surface area contributed by atoms with Gasteiger partial charge in [-0.05, 0) is 50.1 Å². The van der Waals surface area contributed by atoms with Crippen molar-refractivity contribution in [3.63, 3.8) is 0 Å². The van der Waals surface area contributed by atoms with Crippen LogP contribution in [-0.4, -0.2) is 49.9 Å². The van der Waals surface area contributed by atoms with Crippen LogP contribution in [0.5, 0.6) is 17.2 Å². The summed E-state index contributed by atoms with van der Waals surface area (Å²) in [5, 5.41) is 3.14. The fraction of sp³-hybridized carbons (Fsp3) is 0.333. The number of hydrogen-bond donors (Lipinski definition) is 1. The van der Waals surface area contributed by atoms with Gasteiger partial charge in [-0.2, -0.15) is 0 Å². The number of ether oxygens (including phenoxy) is 4. The number of fused-ring (bicyclic) bond motifs is 1. The van der Waals surface area contributed by atoms with Crippen LogP contribution in [0.3, 0.4) is 0 Å². The minimum atomic E-state index is -0.368. The van der Waals surface area contributed by atoms with Crippen LogP contribution < -0.4 is 19.5 Å². The highest BCUT2D eigenvalue weighted by molar-refractivity contribution is 6.36. The molecule has 0 bridgehead atoms. The van der Waals surface area contributed by atoms with Gasteiger partial charge in [0.05, 0.1) is 12.2 Å². The summed E-state index contributed by atoms with van der Waals surface area (Å²) in [5.41, 5.74) is 1.83. The first kappa shape index (κ1) is 21.7. The van der Waals surface area contributed by atoms with Crippen molar-refractivity contribution >= 4 is 23.1 Å². The Morgan fingerprint density at radius 3 is 2.50 bits per heavy atom. The molecule has 0 spiro atoms. The molecule has 2 aliphatic rings. The van der Waals surface area contributed by atoms with Gasteiger partial charge in [0.2, 0.25) is 6.79 Å². The maximum absolute atomic E-state index is 13.3. The number of benzene rings is 2. The minimum Gasteiger partial charge on any atom is -0.494 e. The topological polar surface area (TPSA) is 86.3 Å². The first-order valence-corrected chi connectivity index (χ1v) is 10.7. The average Bonchev–Trinajstić information content (AvgIpc) is 3.35. The predicted octanol–water partition coefficient (Wildman–Crippen LogP) is 3.43. The Kier molecular flexibility index (Phi) is 6.61. The molecule has 2 heterocycles. The molecule has 0 aromatic heterocycles. The molecule has 2 aliphatic heterocycles. The molecule has 4 rings (SSSR count). The Hall–Kier alpha value is -3.52. The second-order valence-electron chi connectivity index (χ2n) is 7.21. The van der Waals surface area contributed by atoms with Crippen LogP contribution in [0.25, 0.3) is 5.57 Å². The highest BCUT2D eigenvalue weighted by Crippen LogP contribution is 2.36. The van der Waals surface area contributed by atoms with Gasteiger partial charge >= 0.3 is 0 Å². The SMILES string of the molecule is CCOCCCN1C(=O)C(Nc2ccc3c(c2)OCO3)=C(c2ccc(OCC)cc2)C1=O. The number of nitrogens with zero attached hydrogens (tertiary/aromatic N) is 1. The number of anilines is 1. The molecular formula is C24H26N2O6. The minimum absolute atomic E-state index is 0.157. The summed E-state index contributed by atoms with van der Waals surface area (Å²) in [6.07, 6.45) is 0.569. The van der Waals surface area contributed by atoms with Gasteiger partial charge in [-0.3, -0.25) is 14.5 Å². The van der Waals surface area contributed by atoms with Gasteiger partial charge in [-0.1, -0.05) is 12.1 Å². The molecule has 2 aromatic carbocycles. The largest absolute Gasteiger partial charge is 0.494 e. The lowest BCUT2D eigenvalue weighted by Gasteiger charge is -2.15. The molecule has 0 saturated heterocycles. The summed E-state index contributed by atoms with van der Waals surface area (Å²) >= 11 is 0. The van der Waals surface area contributed by atoms with Crippen molar-refractivity contribution in [2.24, 2.45) is 0 Å². The molecule has 32 heavy (non-hydrogen) atoms. The molecule has 0 unspecified atom stereocenters. The predicted molar refractivity (Wildman–Crippen MR) is 119 cm³/mol. The van der Waals surface area contributed by atoms with Crippen LogP contribution in [0.2, 0.25) is 0 Å². The molecule has 168 valence electrons. The van der Waals surface area contributed by atoms with Crippen LogP contribution in [0.15, 0.2) is 48.2 Å². The van der Waals surface area contributed by atoms with Crippen molar-refractivity contribution in [2.45, 2.75) is 20.3 Å². The van der Waals surface area contributed by atoms with E-state index in [1.54, 1.807) is 42.5 Å². The normalized spacial score (nSPS) is 15.0. The Morgan fingerprint density at radius 2 is 1.75 bits per heavy atom. The standard InChI is InChI=1S/C24H26N2O6/c1-3-29-13-5-12-26-23(27)21(16-6-9-18(10-7-16)30-4-2)22(24(26)28)25-17-8-11-19-20(14-17)32-15-31-19/h6-11,14,25H,3-5,12-13,15H2,1-2H3. The summed E-state index contributed by atoms with van der Waals surface area (Å²) in [4.78, 5) is 27.8. The van der Waals surface area contributed by atoms with Crippen LogP contribution in [0.4, 0.5) is 5.69 Å². The molecule has 8 nitrogen and oxygen atoms in total. The van der Waals surface area contributed by atoms with E-state index in [2.05, 4.69) is 5.32 Å². The van der Waals surface area contributed by atoms with E-state index in [1.807, 2.05) is 13.8 Å². The first-order chi connectivity index (χ1) is 15.6. The molecule has 8 heteroatoms. The van der Waals surface area contributed by atoms with Crippen LogP contribution in [0, 0.1) is 0 Å². The van der Waals surface area contributed by atoms with Gasteiger partial charge in [-0.25, -0.2) is 0 Å². The summed E-state index contributed by atoms with van der Waals surface area (Å²) < 4.78 is 21.6. The van der Waals surface area contributed by atoms with E-state index in [4.69, 9.17) is 18.9 Å². The van der Waals surface area contributed by atoms with Crippen molar-refractivity contribution in [3.05, 3.63) is 53.7 Å². The second-order valence-corrected chi connectivity index (χ2v) is 7.21.